The van der Waals surface area contributed by atoms with E-state index in [9.17, 15) is 5.11 Å². The van der Waals surface area contributed by atoms with Crippen LogP contribution in [0.15, 0.2) is 0 Å². The predicted octanol–water partition coefficient (Wildman–Crippen LogP) is 4.17. The Balaban J connectivity index is 2.21. The molecule has 2 aliphatic carbocycles. The SMILES string of the molecule is CCC(N)C(C(C)C(C)O)C1C2C(C)CC(C(C)C)C(C)C21. The number of nitrogens with two attached hydrogens (primary N) is 1. The molecule has 0 aromatic heterocycles. The summed E-state index contributed by atoms with van der Waals surface area (Å²) >= 11 is 0. The highest BCUT2D eigenvalue weighted by molar-refractivity contribution is 5.11. The van der Waals surface area contributed by atoms with Gasteiger partial charge in [-0.2, -0.15) is 0 Å². The number of fused-ring (bicyclic) bond motifs is 1. The van der Waals surface area contributed by atoms with Gasteiger partial charge < -0.3 is 10.8 Å². The van der Waals surface area contributed by atoms with Gasteiger partial charge in [0.1, 0.15) is 0 Å². The molecular weight excluding hydrogens is 270 g/mol. The Kier molecular flexibility index (Phi) is 5.65. The van der Waals surface area contributed by atoms with Crippen molar-refractivity contribution >= 4 is 0 Å². The highest BCUT2D eigenvalue weighted by atomic mass is 16.3. The van der Waals surface area contributed by atoms with E-state index in [1.807, 2.05) is 6.92 Å². The Morgan fingerprint density at radius 1 is 1.09 bits per heavy atom. The number of aliphatic hydroxyl groups excluding tert-OH is 1. The van der Waals surface area contributed by atoms with Crippen molar-refractivity contribution in [1.29, 1.82) is 0 Å². The van der Waals surface area contributed by atoms with E-state index in [0.29, 0.717) is 11.8 Å². The standard InChI is InChI=1S/C20H39NO/c1-8-16(21)18(12(5)14(7)22)20-17-11(4)9-15(10(2)3)13(6)19(17)20/h10-20,22H,8-9,21H2,1-7H3. The van der Waals surface area contributed by atoms with E-state index >= 15 is 0 Å². The molecule has 2 heteroatoms. The van der Waals surface area contributed by atoms with Crippen molar-refractivity contribution in [3.8, 4) is 0 Å². The van der Waals surface area contributed by atoms with Crippen molar-refractivity contribution in [1.82, 2.24) is 0 Å². The van der Waals surface area contributed by atoms with Gasteiger partial charge in [0.25, 0.3) is 0 Å². The van der Waals surface area contributed by atoms with Gasteiger partial charge in [-0.05, 0) is 73.0 Å². The molecular formula is C20H39NO. The molecule has 0 amide bonds. The second-order valence-electron chi connectivity index (χ2n) is 8.96. The van der Waals surface area contributed by atoms with E-state index in [0.717, 1.165) is 47.8 Å². The lowest BCUT2D eigenvalue weighted by molar-refractivity contribution is 0.0726. The summed E-state index contributed by atoms with van der Waals surface area (Å²) in [4.78, 5) is 0. The molecule has 2 rings (SSSR count). The van der Waals surface area contributed by atoms with E-state index in [1.165, 1.54) is 6.42 Å². The zero-order valence-corrected chi connectivity index (χ0v) is 15.8. The molecule has 2 saturated carbocycles. The molecule has 0 spiro atoms. The lowest BCUT2D eigenvalue weighted by Crippen LogP contribution is -2.40. The van der Waals surface area contributed by atoms with Crippen LogP contribution in [0.4, 0.5) is 0 Å². The first-order chi connectivity index (χ1) is 10.2. The van der Waals surface area contributed by atoms with Gasteiger partial charge in [0.15, 0.2) is 0 Å². The average Bonchev–Trinajstić information content (AvgIpc) is 3.18. The van der Waals surface area contributed by atoms with Gasteiger partial charge >= 0.3 is 0 Å². The van der Waals surface area contributed by atoms with Gasteiger partial charge in [-0.25, -0.2) is 0 Å². The highest BCUT2D eigenvalue weighted by Crippen LogP contribution is 2.66. The normalized spacial score (nSPS) is 43.4. The van der Waals surface area contributed by atoms with E-state index in [2.05, 4.69) is 41.5 Å². The number of hydrogen-bond acceptors (Lipinski definition) is 2. The number of rotatable bonds is 6. The molecule has 0 radical (unpaired) electrons. The van der Waals surface area contributed by atoms with Crippen LogP contribution in [-0.4, -0.2) is 17.3 Å². The van der Waals surface area contributed by atoms with E-state index in [-0.39, 0.29) is 12.1 Å². The summed E-state index contributed by atoms with van der Waals surface area (Å²) in [6.07, 6.45) is 2.15. The molecule has 130 valence electrons. The minimum Gasteiger partial charge on any atom is -0.393 e. The molecule has 0 aromatic carbocycles. The van der Waals surface area contributed by atoms with Gasteiger partial charge in [-0.15, -0.1) is 0 Å². The van der Waals surface area contributed by atoms with Crippen LogP contribution in [0.25, 0.3) is 0 Å². The molecule has 10 atom stereocenters. The first kappa shape index (κ1) is 18.3. The lowest BCUT2D eigenvalue weighted by Gasteiger charge is -2.35. The minimum atomic E-state index is -0.253. The second kappa shape index (κ2) is 6.81. The van der Waals surface area contributed by atoms with Crippen molar-refractivity contribution in [2.75, 3.05) is 0 Å². The highest BCUT2D eigenvalue weighted by Gasteiger charge is 2.63. The third-order valence-electron chi connectivity index (χ3n) is 7.41. The van der Waals surface area contributed by atoms with E-state index in [4.69, 9.17) is 5.73 Å². The van der Waals surface area contributed by atoms with Crippen LogP contribution >= 0.6 is 0 Å². The van der Waals surface area contributed by atoms with Crippen LogP contribution in [0.3, 0.4) is 0 Å². The van der Waals surface area contributed by atoms with Crippen LogP contribution in [0, 0.1) is 53.3 Å². The fourth-order valence-corrected chi connectivity index (χ4v) is 5.94. The first-order valence-corrected chi connectivity index (χ1v) is 9.65. The molecule has 0 aromatic rings. The quantitative estimate of drug-likeness (QED) is 0.773. The Morgan fingerprint density at radius 2 is 1.68 bits per heavy atom. The summed E-state index contributed by atoms with van der Waals surface area (Å²) in [6, 6.07) is 0.233. The summed E-state index contributed by atoms with van der Waals surface area (Å²) in [5.41, 5.74) is 6.53. The predicted molar refractivity (Wildman–Crippen MR) is 94.3 cm³/mol. The van der Waals surface area contributed by atoms with Gasteiger partial charge in [0.05, 0.1) is 6.10 Å². The monoisotopic (exact) mass is 309 g/mol. The number of hydrogen-bond donors (Lipinski definition) is 2. The summed E-state index contributed by atoms with van der Waals surface area (Å²) in [5.74, 6) is 6.53. The maximum absolute atomic E-state index is 10.2. The second-order valence-corrected chi connectivity index (χ2v) is 8.96. The average molecular weight is 310 g/mol. The van der Waals surface area contributed by atoms with E-state index < -0.39 is 0 Å². The summed E-state index contributed by atoms with van der Waals surface area (Å²) < 4.78 is 0. The van der Waals surface area contributed by atoms with Gasteiger partial charge in [0.2, 0.25) is 0 Å². The Labute approximate surface area is 138 Å². The lowest BCUT2D eigenvalue weighted by atomic mass is 9.71. The molecule has 10 unspecified atom stereocenters. The van der Waals surface area contributed by atoms with Crippen LogP contribution in [-0.2, 0) is 0 Å². The minimum absolute atomic E-state index is 0.233. The zero-order valence-electron chi connectivity index (χ0n) is 15.8. The van der Waals surface area contributed by atoms with Crippen molar-refractivity contribution in [3.63, 3.8) is 0 Å². The van der Waals surface area contributed by atoms with Crippen molar-refractivity contribution < 1.29 is 5.11 Å². The van der Waals surface area contributed by atoms with Crippen LogP contribution < -0.4 is 5.73 Å². The van der Waals surface area contributed by atoms with E-state index in [1.54, 1.807) is 0 Å². The largest absolute Gasteiger partial charge is 0.393 e. The molecule has 0 heterocycles. The molecule has 0 saturated heterocycles. The maximum Gasteiger partial charge on any atom is 0.0540 e. The first-order valence-electron chi connectivity index (χ1n) is 9.65. The Bertz CT molecular complexity index is 367. The Morgan fingerprint density at radius 3 is 2.14 bits per heavy atom. The fraction of sp³-hybridized carbons (Fsp3) is 1.00. The van der Waals surface area contributed by atoms with Crippen LogP contribution in [0.1, 0.15) is 61.3 Å². The Hall–Kier alpha value is -0.0800. The molecule has 0 bridgehead atoms. The maximum atomic E-state index is 10.2. The third-order valence-corrected chi connectivity index (χ3v) is 7.41. The van der Waals surface area contributed by atoms with Crippen molar-refractivity contribution in [2.45, 2.75) is 73.5 Å². The molecule has 2 aliphatic rings. The van der Waals surface area contributed by atoms with Crippen LogP contribution in [0.2, 0.25) is 0 Å². The van der Waals surface area contributed by atoms with Gasteiger partial charge in [-0.3, -0.25) is 0 Å². The number of aliphatic hydroxyl groups is 1. The molecule has 3 N–H and O–H groups in total. The fourth-order valence-electron chi connectivity index (χ4n) is 5.94. The molecule has 2 fully saturated rings. The zero-order chi connectivity index (χ0) is 16.8. The smallest absolute Gasteiger partial charge is 0.0540 e. The van der Waals surface area contributed by atoms with Crippen molar-refractivity contribution in [3.05, 3.63) is 0 Å². The van der Waals surface area contributed by atoms with Gasteiger partial charge in [-0.1, -0.05) is 41.5 Å². The summed E-state index contributed by atoms with van der Waals surface area (Å²) in [7, 11) is 0. The molecule has 22 heavy (non-hydrogen) atoms. The third kappa shape index (κ3) is 3.11. The molecule has 2 nitrogen and oxygen atoms in total. The van der Waals surface area contributed by atoms with Gasteiger partial charge in [0, 0.05) is 6.04 Å². The molecule has 0 aliphatic heterocycles. The van der Waals surface area contributed by atoms with Crippen LogP contribution in [0.5, 0.6) is 0 Å². The van der Waals surface area contributed by atoms with Crippen molar-refractivity contribution in [2.24, 2.45) is 59.0 Å². The summed E-state index contributed by atoms with van der Waals surface area (Å²) in [6.45, 7) is 16.1. The summed E-state index contributed by atoms with van der Waals surface area (Å²) in [5, 5.41) is 10.2. The topological polar surface area (TPSA) is 46.2 Å².